The van der Waals surface area contributed by atoms with Crippen molar-refractivity contribution in [1.29, 1.82) is 0 Å². The van der Waals surface area contributed by atoms with Gasteiger partial charge in [-0.2, -0.15) is 0 Å². The van der Waals surface area contributed by atoms with Crippen LogP contribution < -0.4 is 0 Å². The average Bonchev–Trinajstić information content (AvgIpc) is 3.62. The van der Waals surface area contributed by atoms with Gasteiger partial charge in [-0.3, -0.25) is 37.3 Å². The topological polar surface area (TPSA) is 237 Å². The first kappa shape index (κ1) is 86.1. The summed E-state index contributed by atoms with van der Waals surface area (Å²) in [5.74, 6) is 0.124. The largest absolute Gasteiger partial charge is 0.472 e. The summed E-state index contributed by atoms with van der Waals surface area (Å²) in [7, 11) is -9.90. The highest BCUT2D eigenvalue weighted by molar-refractivity contribution is 7.47. The van der Waals surface area contributed by atoms with Gasteiger partial charge in [0, 0.05) is 25.7 Å². The summed E-state index contributed by atoms with van der Waals surface area (Å²) in [5.41, 5.74) is 0. The first-order valence-electron chi connectivity index (χ1n) is 35.9. The molecule has 0 spiro atoms. The highest BCUT2D eigenvalue weighted by Gasteiger charge is 2.30. The van der Waals surface area contributed by atoms with E-state index in [0.29, 0.717) is 31.6 Å². The number of aliphatic hydroxyl groups is 1. The first-order chi connectivity index (χ1) is 42.3. The zero-order valence-corrected chi connectivity index (χ0v) is 59.0. The molecule has 0 aliphatic carbocycles. The average molecular weight is 1300 g/mol. The number of hydrogen-bond acceptors (Lipinski definition) is 15. The van der Waals surface area contributed by atoms with Gasteiger partial charge in [0.25, 0.3) is 0 Å². The van der Waals surface area contributed by atoms with Crippen molar-refractivity contribution in [2.24, 2.45) is 17.8 Å². The lowest BCUT2D eigenvalue weighted by Gasteiger charge is -2.21. The number of carbonyl (C=O) groups excluding carboxylic acids is 4. The highest BCUT2D eigenvalue weighted by atomic mass is 31.2. The normalized spacial score (nSPS) is 14.5. The van der Waals surface area contributed by atoms with Gasteiger partial charge in [0.15, 0.2) is 12.2 Å². The van der Waals surface area contributed by atoms with Crippen LogP contribution in [0.15, 0.2) is 0 Å². The van der Waals surface area contributed by atoms with Crippen molar-refractivity contribution >= 4 is 39.5 Å². The minimum Gasteiger partial charge on any atom is -0.462 e. The molecular formula is C69H134O17P2. The van der Waals surface area contributed by atoms with E-state index in [2.05, 4.69) is 48.5 Å². The van der Waals surface area contributed by atoms with E-state index in [-0.39, 0.29) is 25.7 Å². The Morgan fingerprint density at radius 2 is 0.580 bits per heavy atom. The molecule has 6 atom stereocenters. The molecule has 522 valence electrons. The van der Waals surface area contributed by atoms with E-state index in [0.717, 1.165) is 108 Å². The second-order valence-electron chi connectivity index (χ2n) is 26.1. The van der Waals surface area contributed by atoms with Crippen LogP contribution in [0.3, 0.4) is 0 Å². The molecule has 0 aromatic rings. The van der Waals surface area contributed by atoms with Crippen LogP contribution >= 0.6 is 15.6 Å². The number of unbranched alkanes of at least 4 members (excludes halogenated alkanes) is 34. The third kappa shape index (κ3) is 61.6. The third-order valence-corrected chi connectivity index (χ3v) is 18.1. The molecule has 3 N–H and O–H groups in total. The molecule has 0 fully saturated rings. The second kappa shape index (κ2) is 60.0. The molecule has 0 saturated carbocycles. The number of rotatable bonds is 67. The molecule has 0 saturated heterocycles. The van der Waals surface area contributed by atoms with Gasteiger partial charge in [-0.15, -0.1) is 0 Å². The Morgan fingerprint density at radius 1 is 0.330 bits per heavy atom. The van der Waals surface area contributed by atoms with Crippen molar-refractivity contribution in [2.75, 3.05) is 39.6 Å². The number of phosphoric acid groups is 2. The Balaban J connectivity index is 5.26. The lowest BCUT2D eigenvalue weighted by Crippen LogP contribution is -2.30. The van der Waals surface area contributed by atoms with E-state index in [4.69, 9.17) is 37.0 Å². The molecule has 0 aliphatic rings. The molecule has 0 radical (unpaired) electrons. The molecule has 0 bridgehead atoms. The standard InChI is InChI=1S/C69H134O17P2/c1-8-10-11-12-13-14-15-16-22-30-38-45-52-68(73)86-65(57-80-67(72)51-44-37-32-25-27-34-41-48-61(5)6)59-84-88(77,78)82-55-63(70)54-81-87(75,76)83-58-64(56-79-66(71)50-43-36-29-24-19-20-26-33-40-47-60(3)4)85-69(74)53-46-39-31-23-18-17-21-28-35-42-49-62(7)9-2/h60-65,70H,8-59H2,1-7H3,(H,75,76)(H,77,78)/t62?,63-,64-,65-/m1/s1. The first-order valence-corrected chi connectivity index (χ1v) is 38.9. The van der Waals surface area contributed by atoms with Crippen LogP contribution in [0.25, 0.3) is 0 Å². The SMILES string of the molecule is CCCCCCCCCCCCCCC(=O)O[C@H](COC(=O)CCCCCCCCCC(C)C)COP(=O)(O)OC[C@H](O)COP(=O)(O)OC[C@@H](COC(=O)CCCCCCCCCCCC(C)C)OC(=O)CCCCCCCCCCCCC(C)CC. The molecule has 17 nitrogen and oxygen atoms in total. The maximum Gasteiger partial charge on any atom is 0.472 e. The molecule has 3 unspecified atom stereocenters. The van der Waals surface area contributed by atoms with E-state index in [9.17, 15) is 43.2 Å². The Kier molecular flexibility index (Phi) is 58.7. The lowest BCUT2D eigenvalue weighted by atomic mass is 9.99. The van der Waals surface area contributed by atoms with Crippen LogP contribution in [0.5, 0.6) is 0 Å². The van der Waals surface area contributed by atoms with Crippen molar-refractivity contribution in [2.45, 2.75) is 362 Å². The maximum absolute atomic E-state index is 13.0. The van der Waals surface area contributed by atoms with E-state index in [1.54, 1.807) is 0 Å². The van der Waals surface area contributed by atoms with Gasteiger partial charge >= 0.3 is 39.5 Å². The summed E-state index contributed by atoms with van der Waals surface area (Å²) in [5, 5.41) is 10.6. The predicted molar refractivity (Wildman–Crippen MR) is 354 cm³/mol. The van der Waals surface area contributed by atoms with Gasteiger partial charge < -0.3 is 33.8 Å². The lowest BCUT2D eigenvalue weighted by molar-refractivity contribution is -0.161. The van der Waals surface area contributed by atoms with Crippen LogP contribution in [0.2, 0.25) is 0 Å². The number of aliphatic hydroxyl groups excluding tert-OH is 1. The number of esters is 4. The van der Waals surface area contributed by atoms with Crippen LogP contribution in [0.4, 0.5) is 0 Å². The van der Waals surface area contributed by atoms with Crippen molar-refractivity contribution in [1.82, 2.24) is 0 Å². The van der Waals surface area contributed by atoms with Gasteiger partial charge in [0.05, 0.1) is 26.4 Å². The third-order valence-electron chi connectivity index (χ3n) is 16.2. The Morgan fingerprint density at radius 3 is 0.864 bits per heavy atom. The zero-order chi connectivity index (χ0) is 65.2. The summed E-state index contributed by atoms with van der Waals surface area (Å²) >= 11 is 0. The van der Waals surface area contributed by atoms with Crippen LogP contribution in [0.1, 0.15) is 344 Å². The fraction of sp³-hybridized carbons (Fsp3) is 0.942. The van der Waals surface area contributed by atoms with Crippen LogP contribution in [0, 0.1) is 17.8 Å². The minimum atomic E-state index is -4.95. The second-order valence-corrected chi connectivity index (χ2v) is 29.0. The quantitative estimate of drug-likeness (QED) is 0.0222. The van der Waals surface area contributed by atoms with Crippen molar-refractivity contribution in [3.63, 3.8) is 0 Å². The molecule has 0 aromatic carbocycles. The number of carbonyl (C=O) groups is 4. The summed E-state index contributed by atoms with van der Waals surface area (Å²) in [6.45, 7) is 11.8. The summed E-state index contributed by atoms with van der Waals surface area (Å²) in [6.07, 6.45) is 43.0. The van der Waals surface area contributed by atoms with E-state index in [1.807, 2.05) is 0 Å². The van der Waals surface area contributed by atoms with Crippen molar-refractivity contribution in [3.8, 4) is 0 Å². The van der Waals surface area contributed by atoms with Crippen molar-refractivity contribution < 1.29 is 80.2 Å². The fourth-order valence-corrected chi connectivity index (χ4v) is 11.9. The molecule has 0 aromatic heterocycles. The van der Waals surface area contributed by atoms with Crippen LogP contribution in [-0.2, 0) is 65.4 Å². The smallest absolute Gasteiger partial charge is 0.462 e. The molecule has 19 heteroatoms. The minimum absolute atomic E-state index is 0.105. The summed E-state index contributed by atoms with van der Waals surface area (Å²) in [6, 6.07) is 0. The van der Waals surface area contributed by atoms with Gasteiger partial charge in [-0.1, -0.05) is 292 Å². The Labute approximate surface area is 537 Å². The highest BCUT2D eigenvalue weighted by Crippen LogP contribution is 2.45. The Hall–Kier alpha value is -1.94. The van der Waals surface area contributed by atoms with Gasteiger partial charge in [-0.25, -0.2) is 9.13 Å². The van der Waals surface area contributed by atoms with Crippen LogP contribution in [-0.4, -0.2) is 96.7 Å². The number of ether oxygens (including phenoxy) is 4. The Bertz CT molecular complexity index is 1730. The summed E-state index contributed by atoms with van der Waals surface area (Å²) in [4.78, 5) is 72.5. The van der Waals surface area contributed by atoms with Gasteiger partial charge in [0.1, 0.15) is 19.3 Å². The van der Waals surface area contributed by atoms with Crippen molar-refractivity contribution in [3.05, 3.63) is 0 Å². The molecular weight excluding hydrogens is 1160 g/mol. The fourth-order valence-electron chi connectivity index (χ4n) is 10.3. The monoisotopic (exact) mass is 1300 g/mol. The zero-order valence-electron chi connectivity index (χ0n) is 57.2. The maximum atomic E-state index is 13.0. The van der Waals surface area contributed by atoms with E-state index < -0.39 is 97.5 Å². The molecule has 0 heterocycles. The molecule has 0 amide bonds. The van der Waals surface area contributed by atoms with E-state index >= 15 is 0 Å². The van der Waals surface area contributed by atoms with Gasteiger partial charge in [-0.05, 0) is 43.4 Å². The number of hydrogen-bond donors (Lipinski definition) is 3. The van der Waals surface area contributed by atoms with Gasteiger partial charge in [0.2, 0.25) is 0 Å². The predicted octanol–water partition coefficient (Wildman–Crippen LogP) is 19.5. The summed E-state index contributed by atoms with van der Waals surface area (Å²) < 4.78 is 68.2. The van der Waals surface area contributed by atoms with E-state index in [1.165, 1.54) is 148 Å². The number of phosphoric ester groups is 2. The molecule has 0 rings (SSSR count). The molecule has 88 heavy (non-hydrogen) atoms. The molecule has 0 aliphatic heterocycles.